The van der Waals surface area contributed by atoms with Gasteiger partial charge in [0.25, 0.3) is 0 Å². The van der Waals surface area contributed by atoms with Crippen LogP contribution in [0.15, 0.2) is 0 Å². The minimum Gasteiger partial charge on any atom is -0.379 e. The zero-order valence-electron chi connectivity index (χ0n) is 11.9. The van der Waals surface area contributed by atoms with E-state index in [-0.39, 0.29) is 0 Å². The van der Waals surface area contributed by atoms with Gasteiger partial charge < -0.3 is 4.74 Å². The summed E-state index contributed by atoms with van der Waals surface area (Å²) in [7, 11) is 0. The molecule has 0 N–H and O–H groups in total. The van der Waals surface area contributed by atoms with E-state index in [0.29, 0.717) is 5.15 Å². The van der Waals surface area contributed by atoms with Crippen molar-refractivity contribution in [2.24, 2.45) is 0 Å². The fraction of sp³-hybridized carbons (Fsp3) is 0.600. The number of hydrogen-bond acceptors (Lipinski definition) is 5. The number of nitrogens with zero attached hydrogens (tertiary/aromatic N) is 3. The molecule has 4 rings (SSSR count). The number of aromatic nitrogens is 2. The lowest BCUT2D eigenvalue weighted by Crippen LogP contribution is -2.36. The third kappa shape index (κ3) is 2.68. The SMILES string of the molecule is Clc1nc(CN2CCOCC2)nc2sc3c(c12)CCCC3. The molecule has 21 heavy (non-hydrogen) atoms. The smallest absolute Gasteiger partial charge is 0.145 e. The molecule has 0 unspecified atom stereocenters. The lowest BCUT2D eigenvalue weighted by molar-refractivity contribution is 0.0331. The average Bonchev–Trinajstić information content (AvgIpc) is 2.87. The first kappa shape index (κ1) is 13.9. The molecule has 0 radical (unpaired) electrons. The van der Waals surface area contributed by atoms with E-state index >= 15 is 0 Å². The normalized spacial score (nSPS) is 19.9. The first-order valence-electron chi connectivity index (χ1n) is 7.58. The van der Waals surface area contributed by atoms with Crippen LogP contribution in [0.1, 0.15) is 29.1 Å². The van der Waals surface area contributed by atoms with E-state index < -0.39 is 0 Å². The molecule has 1 aliphatic carbocycles. The van der Waals surface area contributed by atoms with Crippen molar-refractivity contribution in [2.75, 3.05) is 26.3 Å². The molecule has 0 amide bonds. The number of fused-ring (bicyclic) bond motifs is 3. The van der Waals surface area contributed by atoms with Crippen molar-refractivity contribution in [3.63, 3.8) is 0 Å². The van der Waals surface area contributed by atoms with E-state index in [4.69, 9.17) is 21.3 Å². The van der Waals surface area contributed by atoms with Crippen LogP contribution in [0.5, 0.6) is 0 Å². The maximum Gasteiger partial charge on any atom is 0.145 e. The molecule has 1 saturated heterocycles. The zero-order valence-corrected chi connectivity index (χ0v) is 13.5. The highest BCUT2D eigenvalue weighted by Crippen LogP contribution is 2.38. The predicted molar refractivity (Wildman–Crippen MR) is 85.2 cm³/mol. The van der Waals surface area contributed by atoms with Crippen LogP contribution in [-0.4, -0.2) is 41.2 Å². The largest absolute Gasteiger partial charge is 0.379 e. The molecule has 6 heteroatoms. The molecule has 112 valence electrons. The van der Waals surface area contributed by atoms with E-state index in [0.717, 1.165) is 55.3 Å². The quantitative estimate of drug-likeness (QED) is 0.796. The van der Waals surface area contributed by atoms with Gasteiger partial charge in [-0.3, -0.25) is 4.90 Å². The van der Waals surface area contributed by atoms with E-state index in [9.17, 15) is 0 Å². The molecule has 0 saturated carbocycles. The Bertz CT molecular complexity index is 666. The Hall–Kier alpha value is -0.750. The first-order valence-corrected chi connectivity index (χ1v) is 8.77. The first-order chi connectivity index (χ1) is 10.3. The summed E-state index contributed by atoms with van der Waals surface area (Å²) in [5.41, 5.74) is 1.41. The highest BCUT2D eigenvalue weighted by molar-refractivity contribution is 7.19. The lowest BCUT2D eigenvalue weighted by Gasteiger charge is -2.25. The minimum atomic E-state index is 0.641. The van der Waals surface area contributed by atoms with Crippen LogP contribution in [0.3, 0.4) is 0 Å². The number of aryl methyl sites for hydroxylation is 2. The zero-order chi connectivity index (χ0) is 14.2. The Labute approximate surface area is 133 Å². The topological polar surface area (TPSA) is 38.2 Å². The third-order valence-electron chi connectivity index (χ3n) is 4.29. The van der Waals surface area contributed by atoms with E-state index in [1.807, 2.05) is 11.3 Å². The fourth-order valence-electron chi connectivity index (χ4n) is 3.18. The van der Waals surface area contributed by atoms with E-state index in [1.165, 1.54) is 29.7 Å². The standard InChI is InChI=1S/C15H18ClN3OS/c16-14-13-10-3-1-2-4-11(10)21-15(13)18-12(17-14)9-19-5-7-20-8-6-19/h1-9H2. The number of hydrogen-bond donors (Lipinski definition) is 0. The summed E-state index contributed by atoms with van der Waals surface area (Å²) in [4.78, 5) is 14.2. The Morgan fingerprint density at radius 1 is 1.14 bits per heavy atom. The monoisotopic (exact) mass is 323 g/mol. The maximum absolute atomic E-state index is 6.47. The van der Waals surface area contributed by atoms with Crippen molar-refractivity contribution >= 4 is 33.2 Å². The molecule has 0 atom stereocenters. The number of ether oxygens (including phenoxy) is 1. The van der Waals surface area contributed by atoms with Gasteiger partial charge in [-0.05, 0) is 31.2 Å². The maximum atomic E-state index is 6.47. The molecule has 0 spiro atoms. The van der Waals surface area contributed by atoms with Crippen LogP contribution in [-0.2, 0) is 24.1 Å². The van der Waals surface area contributed by atoms with Gasteiger partial charge in [-0.2, -0.15) is 0 Å². The summed E-state index contributed by atoms with van der Waals surface area (Å²) >= 11 is 8.28. The van der Waals surface area contributed by atoms with Crippen molar-refractivity contribution in [1.82, 2.24) is 14.9 Å². The van der Waals surface area contributed by atoms with Crippen molar-refractivity contribution in [2.45, 2.75) is 32.2 Å². The van der Waals surface area contributed by atoms with Gasteiger partial charge in [-0.15, -0.1) is 11.3 Å². The van der Waals surface area contributed by atoms with Crippen molar-refractivity contribution < 1.29 is 4.74 Å². The number of morpholine rings is 1. The molecule has 0 aromatic carbocycles. The summed E-state index contributed by atoms with van der Waals surface area (Å²) in [5.74, 6) is 0.841. The van der Waals surface area contributed by atoms with E-state index in [2.05, 4.69) is 9.88 Å². The van der Waals surface area contributed by atoms with Gasteiger partial charge in [-0.1, -0.05) is 11.6 Å². The van der Waals surface area contributed by atoms with Gasteiger partial charge in [0, 0.05) is 18.0 Å². The number of thiophene rings is 1. The fourth-order valence-corrected chi connectivity index (χ4v) is 4.82. The van der Waals surface area contributed by atoms with Gasteiger partial charge in [0.05, 0.1) is 25.1 Å². The molecular formula is C15H18ClN3OS. The molecule has 4 nitrogen and oxygen atoms in total. The molecule has 1 aliphatic heterocycles. The molecule has 2 aromatic heterocycles. The highest BCUT2D eigenvalue weighted by Gasteiger charge is 2.21. The molecule has 2 aromatic rings. The van der Waals surface area contributed by atoms with Gasteiger partial charge in [-0.25, -0.2) is 9.97 Å². The number of rotatable bonds is 2. The van der Waals surface area contributed by atoms with Crippen LogP contribution in [0.25, 0.3) is 10.2 Å². The minimum absolute atomic E-state index is 0.641. The van der Waals surface area contributed by atoms with Crippen LogP contribution >= 0.6 is 22.9 Å². The second-order valence-electron chi connectivity index (χ2n) is 5.71. The van der Waals surface area contributed by atoms with Crippen LogP contribution in [0.4, 0.5) is 0 Å². The number of halogens is 1. The highest BCUT2D eigenvalue weighted by atomic mass is 35.5. The predicted octanol–water partition coefficient (Wildman–Crippen LogP) is 3.06. The molecule has 3 heterocycles. The Morgan fingerprint density at radius 3 is 2.81 bits per heavy atom. The molecule has 1 fully saturated rings. The van der Waals surface area contributed by atoms with E-state index in [1.54, 1.807) is 0 Å². The third-order valence-corrected chi connectivity index (χ3v) is 5.74. The Kier molecular flexibility index (Phi) is 3.83. The average molecular weight is 324 g/mol. The van der Waals surface area contributed by atoms with Gasteiger partial charge in [0.15, 0.2) is 0 Å². The van der Waals surface area contributed by atoms with Gasteiger partial charge >= 0.3 is 0 Å². The Morgan fingerprint density at radius 2 is 1.95 bits per heavy atom. The van der Waals surface area contributed by atoms with Crippen LogP contribution in [0, 0.1) is 0 Å². The van der Waals surface area contributed by atoms with Gasteiger partial charge in [0.1, 0.15) is 15.8 Å². The molecular weight excluding hydrogens is 306 g/mol. The second kappa shape index (κ2) is 5.80. The summed E-state index contributed by atoms with van der Waals surface area (Å²) in [6.07, 6.45) is 4.84. The van der Waals surface area contributed by atoms with Crippen LogP contribution < -0.4 is 0 Å². The molecule has 0 bridgehead atoms. The van der Waals surface area contributed by atoms with Gasteiger partial charge in [0.2, 0.25) is 0 Å². The van der Waals surface area contributed by atoms with Crippen molar-refractivity contribution in [3.05, 3.63) is 21.4 Å². The van der Waals surface area contributed by atoms with Crippen LogP contribution in [0.2, 0.25) is 5.15 Å². The summed E-state index contributed by atoms with van der Waals surface area (Å²) in [5, 5.41) is 1.75. The lowest BCUT2D eigenvalue weighted by atomic mass is 9.97. The second-order valence-corrected chi connectivity index (χ2v) is 7.15. The summed E-state index contributed by atoms with van der Waals surface area (Å²) in [6.45, 7) is 4.24. The molecule has 2 aliphatic rings. The van der Waals surface area contributed by atoms with Crippen molar-refractivity contribution in [3.8, 4) is 0 Å². The summed E-state index contributed by atoms with van der Waals surface area (Å²) < 4.78 is 5.38. The van der Waals surface area contributed by atoms with Crippen molar-refractivity contribution in [1.29, 1.82) is 0 Å². The summed E-state index contributed by atoms with van der Waals surface area (Å²) in [6, 6.07) is 0. The Balaban J connectivity index is 1.68.